The van der Waals surface area contributed by atoms with E-state index in [-0.39, 0.29) is 10.7 Å². The minimum absolute atomic E-state index is 0.0597. The molecule has 2 heterocycles. The SMILES string of the molecule is FC(F)c1cccc2c(Cl)nn(CC3=NCCN3)c12. The summed E-state index contributed by atoms with van der Waals surface area (Å²) in [6.07, 6.45) is -2.56. The second-order valence-corrected chi connectivity index (χ2v) is 4.61. The normalized spacial score (nSPS) is 15.1. The van der Waals surface area contributed by atoms with Crippen LogP contribution < -0.4 is 5.32 Å². The van der Waals surface area contributed by atoms with Crippen molar-refractivity contribution in [1.82, 2.24) is 15.1 Å². The maximum Gasteiger partial charge on any atom is 0.265 e. The van der Waals surface area contributed by atoms with Crippen LogP contribution in [0.15, 0.2) is 23.2 Å². The number of aliphatic imine (C=N–C) groups is 1. The molecule has 100 valence electrons. The maximum absolute atomic E-state index is 13.1. The molecule has 0 bridgehead atoms. The molecule has 0 radical (unpaired) electrons. The number of alkyl halides is 2. The van der Waals surface area contributed by atoms with Crippen LogP contribution in [0.2, 0.25) is 5.15 Å². The highest BCUT2D eigenvalue weighted by atomic mass is 35.5. The van der Waals surface area contributed by atoms with Crippen molar-refractivity contribution in [1.29, 1.82) is 0 Å². The third-order valence-corrected chi connectivity index (χ3v) is 3.31. The van der Waals surface area contributed by atoms with Crippen LogP contribution in [0.3, 0.4) is 0 Å². The molecule has 7 heteroatoms. The summed E-state index contributed by atoms with van der Waals surface area (Å²) < 4.78 is 27.6. The lowest BCUT2D eigenvalue weighted by Crippen LogP contribution is -2.24. The lowest BCUT2D eigenvalue weighted by atomic mass is 10.1. The topological polar surface area (TPSA) is 42.2 Å². The number of rotatable bonds is 3. The number of nitrogens with zero attached hydrogens (tertiary/aromatic N) is 3. The van der Waals surface area contributed by atoms with Crippen molar-refractivity contribution in [3.63, 3.8) is 0 Å². The Morgan fingerprint density at radius 2 is 2.26 bits per heavy atom. The zero-order chi connectivity index (χ0) is 13.4. The van der Waals surface area contributed by atoms with Gasteiger partial charge in [-0.2, -0.15) is 5.10 Å². The van der Waals surface area contributed by atoms with Gasteiger partial charge in [0.25, 0.3) is 6.43 Å². The van der Waals surface area contributed by atoms with Gasteiger partial charge in [-0.25, -0.2) is 8.78 Å². The minimum Gasteiger partial charge on any atom is -0.370 e. The summed E-state index contributed by atoms with van der Waals surface area (Å²) in [6.45, 7) is 1.79. The molecule has 0 unspecified atom stereocenters. The Balaban J connectivity index is 2.12. The Morgan fingerprint density at radius 1 is 1.42 bits per heavy atom. The summed E-state index contributed by atoms with van der Waals surface area (Å²) in [4.78, 5) is 4.24. The first kappa shape index (κ1) is 12.3. The maximum atomic E-state index is 13.1. The van der Waals surface area contributed by atoms with E-state index in [0.717, 1.165) is 12.4 Å². The number of hydrogen-bond acceptors (Lipinski definition) is 3. The van der Waals surface area contributed by atoms with E-state index in [1.54, 1.807) is 12.1 Å². The van der Waals surface area contributed by atoms with Gasteiger partial charge in [-0.15, -0.1) is 0 Å². The van der Waals surface area contributed by atoms with Crippen molar-refractivity contribution < 1.29 is 8.78 Å². The summed E-state index contributed by atoms with van der Waals surface area (Å²) >= 11 is 6.00. The Hall–Kier alpha value is -1.69. The number of benzene rings is 1. The van der Waals surface area contributed by atoms with Crippen LogP contribution in [-0.4, -0.2) is 28.7 Å². The summed E-state index contributed by atoms with van der Waals surface area (Å²) in [5.74, 6) is 0.741. The first-order valence-electron chi connectivity index (χ1n) is 5.87. The fraction of sp³-hybridized carbons (Fsp3) is 0.333. The van der Waals surface area contributed by atoms with E-state index in [2.05, 4.69) is 15.4 Å². The third-order valence-electron chi connectivity index (χ3n) is 3.03. The molecule has 0 saturated carbocycles. The van der Waals surface area contributed by atoms with E-state index in [1.807, 2.05) is 0 Å². The molecule has 0 saturated heterocycles. The summed E-state index contributed by atoms with van der Waals surface area (Å²) in [5.41, 5.74) is 0.314. The number of fused-ring (bicyclic) bond motifs is 1. The highest BCUT2D eigenvalue weighted by Crippen LogP contribution is 2.31. The van der Waals surface area contributed by atoms with Crippen LogP contribution in [0, 0.1) is 0 Å². The number of para-hydroxylation sites is 1. The van der Waals surface area contributed by atoms with Crippen LogP contribution in [-0.2, 0) is 6.54 Å². The van der Waals surface area contributed by atoms with Gasteiger partial charge in [0.1, 0.15) is 5.84 Å². The zero-order valence-electron chi connectivity index (χ0n) is 9.91. The van der Waals surface area contributed by atoms with E-state index in [0.29, 0.717) is 24.0 Å². The average Bonchev–Trinajstić information content (AvgIpc) is 2.99. The third kappa shape index (κ3) is 2.16. The monoisotopic (exact) mass is 284 g/mol. The van der Waals surface area contributed by atoms with Gasteiger partial charge in [-0.05, 0) is 6.07 Å². The zero-order valence-corrected chi connectivity index (χ0v) is 10.7. The molecule has 1 aromatic carbocycles. The molecule has 3 rings (SSSR count). The lowest BCUT2D eigenvalue weighted by molar-refractivity contribution is 0.152. The van der Waals surface area contributed by atoms with Gasteiger partial charge >= 0.3 is 0 Å². The average molecular weight is 285 g/mol. The quantitative estimate of drug-likeness (QED) is 0.941. The molecule has 2 aromatic rings. The molecular weight excluding hydrogens is 274 g/mol. The lowest BCUT2D eigenvalue weighted by Gasteiger charge is -2.07. The molecule has 1 aromatic heterocycles. The molecular formula is C12H11ClF2N4. The molecule has 19 heavy (non-hydrogen) atoms. The van der Waals surface area contributed by atoms with Crippen molar-refractivity contribution in [2.75, 3.05) is 13.1 Å². The van der Waals surface area contributed by atoms with Gasteiger partial charge in [-0.1, -0.05) is 23.7 Å². The van der Waals surface area contributed by atoms with Gasteiger partial charge in [0.05, 0.1) is 18.6 Å². The van der Waals surface area contributed by atoms with Crippen LogP contribution in [0.4, 0.5) is 8.78 Å². The molecule has 0 amide bonds. The van der Waals surface area contributed by atoms with Crippen LogP contribution in [0.1, 0.15) is 12.0 Å². The van der Waals surface area contributed by atoms with E-state index in [4.69, 9.17) is 11.6 Å². The largest absolute Gasteiger partial charge is 0.370 e. The smallest absolute Gasteiger partial charge is 0.265 e. The fourth-order valence-electron chi connectivity index (χ4n) is 2.21. The summed E-state index contributed by atoms with van der Waals surface area (Å²) in [7, 11) is 0. The van der Waals surface area contributed by atoms with E-state index in [9.17, 15) is 8.78 Å². The number of hydrogen-bond donors (Lipinski definition) is 1. The molecule has 1 aliphatic heterocycles. The Morgan fingerprint density at radius 3 is 2.95 bits per heavy atom. The van der Waals surface area contributed by atoms with Gasteiger partial charge in [-0.3, -0.25) is 9.67 Å². The molecule has 1 aliphatic rings. The molecule has 0 fully saturated rings. The Kier molecular flexibility index (Phi) is 3.10. The highest BCUT2D eigenvalue weighted by molar-refractivity contribution is 6.34. The second-order valence-electron chi connectivity index (χ2n) is 4.25. The summed E-state index contributed by atoms with van der Waals surface area (Å²) in [6, 6.07) is 4.65. The molecule has 4 nitrogen and oxygen atoms in total. The fourth-order valence-corrected chi connectivity index (χ4v) is 2.45. The minimum atomic E-state index is -2.56. The van der Waals surface area contributed by atoms with E-state index in [1.165, 1.54) is 10.7 Å². The highest BCUT2D eigenvalue weighted by Gasteiger charge is 2.19. The number of halogens is 3. The van der Waals surface area contributed by atoms with Gasteiger partial charge in [0, 0.05) is 17.5 Å². The molecule has 1 N–H and O–H groups in total. The van der Waals surface area contributed by atoms with Crippen molar-refractivity contribution in [3.05, 3.63) is 28.9 Å². The first-order valence-corrected chi connectivity index (χ1v) is 6.25. The van der Waals surface area contributed by atoms with E-state index >= 15 is 0 Å². The second kappa shape index (κ2) is 4.77. The van der Waals surface area contributed by atoms with Gasteiger partial charge < -0.3 is 5.32 Å². The van der Waals surface area contributed by atoms with Crippen molar-refractivity contribution in [2.45, 2.75) is 13.0 Å². The summed E-state index contributed by atoms with van der Waals surface area (Å²) in [5, 5.41) is 7.98. The van der Waals surface area contributed by atoms with E-state index < -0.39 is 6.43 Å². The Labute approximate surface area is 113 Å². The van der Waals surface area contributed by atoms with Crippen LogP contribution in [0.25, 0.3) is 10.9 Å². The molecule has 0 atom stereocenters. The van der Waals surface area contributed by atoms with Crippen molar-refractivity contribution >= 4 is 28.3 Å². The first-order chi connectivity index (χ1) is 9.16. The standard InChI is InChI=1S/C12H11ClF2N4/c13-11-7-2-1-3-8(12(14)15)10(7)19(18-11)6-9-16-4-5-17-9/h1-3,12H,4-6H2,(H,16,17). The van der Waals surface area contributed by atoms with Crippen LogP contribution in [0.5, 0.6) is 0 Å². The Bertz CT molecular complexity index is 650. The number of nitrogens with one attached hydrogen (secondary N) is 1. The van der Waals surface area contributed by atoms with Crippen LogP contribution >= 0.6 is 11.6 Å². The predicted molar refractivity (Wildman–Crippen MR) is 70.0 cm³/mol. The predicted octanol–water partition coefficient (Wildman–Crippen LogP) is 2.63. The molecule has 0 aliphatic carbocycles. The van der Waals surface area contributed by atoms with Crippen molar-refractivity contribution in [2.24, 2.45) is 4.99 Å². The van der Waals surface area contributed by atoms with Gasteiger partial charge in [0.2, 0.25) is 0 Å². The number of amidine groups is 1. The molecule has 0 spiro atoms. The van der Waals surface area contributed by atoms with Gasteiger partial charge in [0.15, 0.2) is 5.15 Å². The number of aromatic nitrogens is 2. The van der Waals surface area contributed by atoms with Crippen molar-refractivity contribution in [3.8, 4) is 0 Å².